The van der Waals surface area contributed by atoms with Crippen LogP contribution < -0.4 is 0 Å². The maximum atomic E-state index is 8.88. The van der Waals surface area contributed by atoms with E-state index in [2.05, 4.69) is 0 Å². The molecule has 0 rings (SSSR count). The third-order valence-electron chi connectivity index (χ3n) is 0. The van der Waals surface area contributed by atoms with Crippen LogP contribution in [0.4, 0.5) is 0 Å². The van der Waals surface area contributed by atoms with E-state index in [0.29, 0.717) is 0 Å². The Hall–Kier alpha value is 2.74. The van der Waals surface area contributed by atoms with E-state index < -0.39 is 15.6 Å². The number of hydrogen-bond acceptors (Lipinski definition) is 2. The summed E-state index contributed by atoms with van der Waals surface area (Å²) in [4.78, 5) is 43.1. The van der Waals surface area contributed by atoms with Crippen LogP contribution >= 0.6 is 15.6 Å². The van der Waals surface area contributed by atoms with Crippen molar-refractivity contribution in [2.45, 2.75) is 0 Å². The normalized spacial score (nSPS) is 9.83. The summed E-state index contributed by atoms with van der Waals surface area (Å²) in [6, 6.07) is 0. The van der Waals surface area contributed by atoms with Crippen LogP contribution in [0.25, 0.3) is 0 Å². The standard InChI is InChI=1S/2Ca.2H3O4P.4H/c;;2*1-5(2,3)4;;;;/h;;2*(H3,1,2,3,4);;;;. The van der Waals surface area contributed by atoms with E-state index >= 15 is 0 Å². The summed E-state index contributed by atoms with van der Waals surface area (Å²) in [6.45, 7) is 0. The molecule has 0 spiro atoms. The van der Waals surface area contributed by atoms with Crippen molar-refractivity contribution in [3.8, 4) is 0 Å². The molecule has 0 radical (unpaired) electrons. The fraction of sp³-hybridized carbons (Fsp3) is 0. The van der Waals surface area contributed by atoms with E-state index in [0.717, 1.165) is 0 Å². The molecular weight excluding hydrogens is 270 g/mol. The van der Waals surface area contributed by atoms with Crippen LogP contribution in [-0.4, -0.2) is 105 Å². The molecule has 0 saturated carbocycles. The molecular formula is H10Ca2O8P2. The van der Waals surface area contributed by atoms with Crippen molar-refractivity contribution < 1.29 is 38.5 Å². The second kappa shape index (κ2) is 10.3. The topological polar surface area (TPSA) is 156 Å². The molecule has 0 aliphatic heterocycles. The van der Waals surface area contributed by atoms with Gasteiger partial charge in [-0.05, 0) is 0 Å². The van der Waals surface area contributed by atoms with Gasteiger partial charge in [0.2, 0.25) is 0 Å². The Kier molecular flexibility index (Phi) is 20.6. The summed E-state index contributed by atoms with van der Waals surface area (Å²) < 4.78 is 17.8. The van der Waals surface area contributed by atoms with Crippen molar-refractivity contribution in [3.63, 3.8) is 0 Å². The first-order chi connectivity index (χ1) is 4.00. The van der Waals surface area contributed by atoms with E-state index in [9.17, 15) is 0 Å². The van der Waals surface area contributed by atoms with Crippen LogP contribution in [0.15, 0.2) is 0 Å². The van der Waals surface area contributed by atoms with Crippen LogP contribution in [0.5, 0.6) is 0 Å². The van der Waals surface area contributed by atoms with Gasteiger partial charge in [0.25, 0.3) is 0 Å². The molecule has 8 nitrogen and oxygen atoms in total. The average Bonchev–Trinajstić information content (AvgIpc) is 1.12. The quantitative estimate of drug-likeness (QED) is 0.196. The monoisotopic (exact) mass is 280 g/mol. The summed E-state index contributed by atoms with van der Waals surface area (Å²) in [5, 5.41) is 0. The van der Waals surface area contributed by atoms with Crippen molar-refractivity contribution in [2.24, 2.45) is 0 Å². The van der Waals surface area contributed by atoms with Crippen molar-refractivity contribution in [1.82, 2.24) is 0 Å². The summed E-state index contributed by atoms with van der Waals surface area (Å²) in [5.74, 6) is 0. The first-order valence-electron chi connectivity index (χ1n) is 1.57. The molecule has 6 N–H and O–H groups in total. The second-order valence-corrected chi connectivity index (χ2v) is 3.08. The van der Waals surface area contributed by atoms with Crippen LogP contribution in [0.3, 0.4) is 0 Å². The van der Waals surface area contributed by atoms with E-state index in [1.165, 1.54) is 0 Å². The third kappa shape index (κ3) is 234. The molecule has 0 aliphatic rings. The molecule has 0 aromatic rings. The number of hydrogen-bond donors (Lipinski definition) is 6. The molecule has 0 amide bonds. The molecule has 0 fully saturated rings. The van der Waals surface area contributed by atoms with E-state index in [-0.39, 0.29) is 75.5 Å². The Bertz CT molecular complexity index is 127. The first-order valence-corrected chi connectivity index (χ1v) is 4.70. The summed E-state index contributed by atoms with van der Waals surface area (Å²) in [5.41, 5.74) is 0. The SMILES string of the molecule is O=P(O)(O)O.O=P(O)(O)O.[CaH2].[CaH2]. The van der Waals surface area contributed by atoms with Crippen LogP contribution in [0.1, 0.15) is 0 Å². The van der Waals surface area contributed by atoms with Crippen LogP contribution in [0, 0.1) is 0 Å². The Morgan fingerprint density at radius 3 is 0.583 bits per heavy atom. The van der Waals surface area contributed by atoms with Gasteiger partial charge >= 0.3 is 91.1 Å². The van der Waals surface area contributed by atoms with Gasteiger partial charge in [0.05, 0.1) is 0 Å². The first kappa shape index (κ1) is 24.1. The van der Waals surface area contributed by atoms with Gasteiger partial charge in [-0.1, -0.05) is 0 Å². The molecule has 72 valence electrons. The molecule has 0 heterocycles. The van der Waals surface area contributed by atoms with Crippen molar-refractivity contribution in [1.29, 1.82) is 0 Å². The summed E-state index contributed by atoms with van der Waals surface area (Å²) in [7, 11) is -9.28. The molecule has 12 heteroatoms. The third-order valence-corrected chi connectivity index (χ3v) is 0. The summed E-state index contributed by atoms with van der Waals surface area (Å²) >= 11 is 0. The van der Waals surface area contributed by atoms with Gasteiger partial charge in [0.1, 0.15) is 0 Å². The Labute approximate surface area is 127 Å². The Morgan fingerprint density at radius 1 is 0.583 bits per heavy atom. The molecule has 0 aromatic carbocycles. The average molecular weight is 280 g/mol. The predicted molar refractivity (Wildman–Crippen MR) is 45.6 cm³/mol. The van der Waals surface area contributed by atoms with Gasteiger partial charge in [-0.3, -0.25) is 0 Å². The number of rotatable bonds is 0. The zero-order chi connectivity index (χ0) is 9.00. The fourth-order valence-electron chi connectivity index (χ4n) is 0. The van der Waals surface area contributed by atoms with Crippen molar-refractivity contribution in [2.75, 3.05) is 0 Å². The van der Waals surface area contributed by atoms with Gasteiger partial charge in [-0.2, -0.15) is 0 Å². The Balaban J connectivity index is -0.0000000457. The van der Waals surface area contributed by atoms with Gasteiger partial charge in [0.15, 0.2) is 0 Å². The zero-order valence-electron chi connectivity index (χ0n) is 4.39. The second-order valence-electron chi connectivity index (χ2n) is 1.03. The van der Waals surface area contributed by atoms with Crippen LogP contribution in [-0.2, 0) is 9.13 Å². The van der Waals surface area contributed by atoms with E-state index in [4.69, 9.17) is 38.5 Å². The Morgan fingerprint density at radius 2 is 0.583 bits per heavy atom. The van der Waals surface area contributed by atoms with E-state index in [1.807, 2.05) is 0 Å². The number of phosphoric acid groups is 2. The van der Waals surface area contributed by atoms with E-state index in [1.54, 1.807) is 0 Å². The van der Waals surface area contributed by atoms with Crippen LogP contribution in [0.2, 0.25) is 0 Å². The van der Waals surface area contributed by atoms with Gasteiger partial charge in [-0.15, -0.1) is 0 Å². The van der Waals surface area contributed by atoms with Crippen molar-refractivity contribution in [3.05, 3.63) is 0 Å². The summed E-state index contributed by atoms with van der Waals surface area (Å²) in [6.07, 6.45) is 0. The molecule has 12 heavy (non-hydrogen) atoms. The molecule has 0 unspecified atom stereocenters. The molecule has 0 aliphatic carbocycles. The minimum atomic E-state index is -4.64. The maximum absolute atomic E-state index is 8.88. The molecule has 0 saturated heterocycles. The molecule has 0 aromatic heterocycles. The van der Waals surface area contributed by atoms with Crippen molar-refractivity contribution >= 4 is 91.1 Å². The molecule has 0 bridgehead atoms. The van der Waals surface area contributed by atoms with Gasteiger partial charge < -0.3 is 29.4 Å². The molecule has 0 atom stereocenters. The van der Waals surface area contributed by atoms with Gasteiger partial charge in [0, 0.05) is 0 Å². The zero-order valence-corrected chi connectivity index (χ0v) is 6.18. The minimum absolute atomic E-state index is 0. The van der Waals surface area contributed by atoms with Gasteiger partial charge in [-0.25, -0.2) is 9.13 Å². The fourth-order valence-corrected chi connectivity index (χ4v) is 0. The predicted octanol–water partition coefficient (Wildman–Crippen LogP) is -3.69.